The van der Waals surface area contributed by atoms with Crippen LogP contribution in [0, 0.1) is 0 Å². The van der Waals surface area contributed by atoms with Crippen LogP contribution in [0.4, 0.5) is 15.3 Å². The zero-order valence-electron chi connectivity index (χ0n) is 11.1. The molecule has 9 heteroatoms. The third-order valence-electron chi connectivity index (χ3n) is 3.23. The summed E-state index contributed by atoms with van der Waals surface area (Å²) in [6, 6.07) is 4.10. The summed E-state index contributed by atoms with van der Waals surface area (Å²) in [6.45, 7) is -0.306. The lowest BCUT2D eigenvalue weighted by Crippen LogP contribution is -2.27. The molecule has 1 saturated heterocycles. The Morgan fingerprint density at radius 2 is 2.14 bits per heavy atom. The largest absolute Gasteiger partial charge is 0.465 e. The predicted octanol–water partition coefficient (Wildman–Crippen LogP) is 0.460. The highest BCUT2D eigenvalue weighted by Crippen LogP contribution is 2.30. The van der Waals surface area contributed by atoms with Crippen molar-refractivity contribution in [2.24, 2.45) is 0 Å². The average molecular weight is 316 g/mol. The molecule has 1 heterocycles. The summed E-state index contributed by atoms with van der Waals surface area (Å²) in [5.74, 6) is -1.14. The third kappa shape index (κ3) is 2.97. The molecule has 2 N–H and O–H groups in total. The van der Waals surface area contributed by atoms with Crippen molar-refractivity contribution in [2.75, 3.05) is 24.3 Å². The number of hydrogen-bond donors (Lipinski definition) is 1. The molecule has 114 valence electrons. The molecule has 0 saturated carbocycles. The van der Waals surface area contributed by atoms with Crippen LogP contribution in [0.2, 0.25) is 0 Å². The van der Waals surface area contributed by atoms with Gasteiger partial charge in [-0.25, -0.2) is 4.79 Å². The fraction of sp³-hybridized carbons (Fsp3) is 0.333. The maximum absolute atomic E-state index is 13.0. The summed E-state index contributed by atoms with van der Waals surface area (Å²) in [5.41, 5.74) is 6.30. The van der Waals surface area contributed by atoms with Crippen molar-refractivity contribution in [3.63, 3.8) is 0 Å². The Bertz CT molecular complexity index is 704. The van der Waals surface area contributed by atoms with Gasteiger partial charge < -0.3 is 15.4 Å². The van der Waals surface area contributed by atoms with E-state index in [4.69, 9.17) is 5.73 Å². The van der Waals surface area contributed by atoms with E-state index in [1.165, 1.54) is 25.3 Å². The van der Waals surface area contributed by atoms with Gasteiger partial charge in [0.2, 0.25) is 5.91 Å². The van der Waals surface area contributed by atoms with E-state index < -0.39 is 33.8 Å². The van der Waals surface area contributed by atoms with Gasteiger partial charge in [0.15, 0.2) is 0 Å². The molecule has 7 nitrogen and oxygen atoms in total. The number of rotatable bonds is 3. The fourth-order valence-corrected chi connectivity index (χ4v) is 2.81. The first-order chi connectivity index (χ1) is 9.74. The lowest BCUT2D eigenvalue weighted by atomic mass is 10.1. The lowest BCUT2D eigenvalue weighted by Gasteiger charge is -2.18. The van der Waals surface area contributed by atoms with Gasteiger partial charge in [-0.3, -0.25) is 4.79 Å². The summed E-state index contributed by atoms with van der Waals surface area (Å²) in [6.07, 6.45) is -0.434. The number of nitrogen functional groups attached to an aromatic ring is 1. The van der Waals surface area contributed by atoms with E-state index >= 15 is 0 Å². The summed E-state index contributed by atoms with van der Waals surface area (Å²) in [5, 5.41) is -1.40. The molecule has 0 radical (unpaired) electrons. The zero-order chi connectivity index (χ0) is 15.8. The first-order valence-electron chi connectivity index (χ1n) is 5.95. The number of carbonyl (C=O) groups is 2. The monoisotopic (exact) mass is 316 g/mol. The van der Waals surface area contributed by atoms with E-state index in [-0.39, 0.29) is 23.5 Å². The number of methoxy groups -OCH3 is 1. The summed E-state index contributed by atoms with van der Waals surface area (Å²) in [4.78, 5) is 24.3. The molecule has 1 aliphatic rings. The van der Waals surface area contributed by atoms with Gasteiger partial charge in [-0.05, 0) is 18.2 Å². The molecular formula is C12H13FN2O5S. The van der Waals surface area contributed by atoms with Crippen molar-refractivity contribution < 1.29 is 26.6 Å². The number of carbonyl (C=O) groups excluding carboxylic acids is 2. The Hall–Kier alpha value is -2.16. The summed E-state index contributed by atoms with van der Waals surface area (Å²) in [7, 11) is -3.58. The van der Waals surface area contributed by atoms with Crippen LogP contribution in [-0.2, 0) is 19.8 Å². The number of halogens is 1. The highest BCUT2D eigenvalue weighted by molar-refractivity contribution is 7.87. The maximum Gasteiger partial charge on any atom is 0.337 e. The van der Waals surface area contributed by atoms with Crippen LogP contribution in [0.25, 0.3) is 0 Å². The quantitative estimate of drug-likeness (QED) is 0.493. The van der Waals surface area contributed by atoms with Gasteiger partial charge in [-0.1, -0.05) is 0 Å². The van der Waals surface area contributed by atoms with Crippen molar-refractivity contribution in [2.45, 2.75) is 11.7 Å². The topological polar surface area (TPSA) is 107 Å². The number of benzene rings is 1. The Morgan fingerprint density at radius 1 is 1.48 bits per heavy atom. The molecule has 1 amide bonds. The van der Waals surface area contributed by atoms with Gasteiger partial charge >= 0.3 is 16.2 Å². The second-order valence-electron chi connectivity index (χ2n) is 4.57. The molecule has 1 atom stereocenters. The van der Waals surface area contributed by atoms with Crippen LogP contribution in [0.5, 0.6) is 0 Å². The number of ether oxygens (including phenoxy) is 1. The minimum absolute atomic E-state index is 0.100. The Kier molecular flexibility index (Phi) is 3.86. The molecule has 0 aromatic heterocycles. The van der Waals surface area contributed by atoms with Crippen molar-refractivity contribution in [1.29, 1.82) is 0 Å². The van der Waals surface area contributed by atoms with E-state index in [0.717, 1.165) is 4.90 Å². The fourth-order valence-electron chi connectivity index (χ4n) is 2.14. The van der Waals surface area contributed by atoms with Gasteiger partial charge in [0.25, 0.3) is 0 Å². The highest BCUT2D eigenvalue weighted by atomic mass is 32.3. The number of anilines is 2. The van der Waals surface area contributed by atoms with E-state index in [1.54, 1.807) is 0 Å². The van der Waals surface area contributed by atoms with Crippen molar-refractivity contribution in [3.05, 3.63) is 23.8 Å². The Morgan fingerprint density at radius 3 is 2.62 bits per heavy atom. The lowest BCUT2D eigenvalue weighted by molar-refractivity contribution is -0.117. The molecule has 1 aromatic rings. The minimum atomic E-state index is -4.79. The van der Waals surface area contributed by atoms with Crippen molar-refractivity contribution in [1.82, 2.24) is 0 Å². The molecule has 1 unspecified atom stereocenters. The van der Waals surface area contributed by atoms with E-state index in [1.807, 2.05) is 0 Å². The summed E-state index contributed by atoms with van der Waals surface area (Å²) < 4.78 is 39.3. The smallest absolute Gasteiger partial charge is 0.337 e. The number of nitrogens with zero attached hydrogens (tertiary/aromatic N) is 1. The average Bonchev–Trinajstić information content (AvgIpc) is 2.79. The second kappa shape index (κ2) is 5.32. The van der Waals surface area contributed by atoms with E-state index in [2.05, 4.69) is 4.74 Å². The second-order valence-corrected chi connectivity index (χ2v) is 6.19. The number of hydrogen-bond acceptors (Lipinski definition) is 6. The van der Waals surface area contributed by atoms with Gasteiger partial charge in [0.05, 0.1) is 24.0 Å². The molecule has 0 aliphatic carbocycles. The van der Waals surface area contributed by atoms with Crippen molar-refractivity contribution in [3.8, 4) is 0 Å². The van der Waals surface area contributed by atoms with Crippen LogP contribution in [0.1, 0.15) is 16.8 Å². The molecule has 1 fully saturated rings. The van der Waals surface area contributed by atoms with E-state index in [9.17, 15) is 21.9 Å². The zero-order valence-corrected chi connectivity index (χ0v) is 11.9. The van der Waals surface area contributed by atoms with Gasteiger partial charge in [-0.15, -0.1) is 3.89 Å². The minimum Gasteiger partial charge on any atom is -0.465 e. The molecule has 1 aromatic carbocycles. The summed E-state index contributed by atoms with van der Waals surface area (Å²) >= 11 is 0. The van der Waals surface area contributed by atoms with Crippen LogP contribution in [0.3, 0.4) is 0 Å². The highest BCUT2D eigenvalue weighted by Gasteiger charge is 2.39. The van der Waals surface area contributed by atoms with Gasteiger partial charge in [0, 0.05) is 13.0 Å². The van der Waals surface area contributed by atoms with Crippen LogP contribution >= 0.6 is 0 Å². The standard InChI is InChI=1S/C12H13FN2O5S/c1-20-12(17)7-2-3-10(9(14)4-7)15-6-8(5-11(15)16)21(13,18)19/h2-4,8H,5-6,14H2,1H3. The molecule has 21 heavy (non-hydrogen) atoms. The van der Waals surface area contributed by atoms with Gasteiger partial charge in [-0.2, -0.15) is 8.42 Å². The SMILES string of the molecule is COC(=O)c1ccc(N2CC(S(=O)(=O)F)CC2=O)c(N)c1. The maximum atomic E-state index is 13.0. The molecule has 1 aliphatic heterocycles. The number of amides is 1. The van der Waals surface area contributed by atoms with Crippen LogP contribution in [0.15, 0.2) is 18.2 Å². The van der Waals surface area contributed by atoms with Crippen LogP contribution in [-0.4, -0.2) is 39.2 Å². The number of esters is 1. The predicted molar refractivity (Wildman–Crippen MR) is 73.0 cm³/mol. The van der Waals surface area contributed by atoms with E-state index in [0.29, 0.717) is 0 Å². The Balaban J connectivity index is 2.31. The molecule has 2 rings (SSSR count). The molecular weight excluding hydrogens is 303 g/mol. The normalized spacial score (nSPS) is 18.9. The third-order valence-corrected chi connectivity index (χ3v) is 4.34. The van der Waals surface area contributed by atoms with Gasteiger partial charge in [0.1, 0.15) is 5.25 Å². The van der Waals surface area contributed by atoms with Crippen LogP contribution < -0.4 is 10.6 Å². The molecule has 0 bridgehead atoms. The first-order valence-corrected chi connectivity index (χ1v) is 7.40. The number of nitrogens with two attached hydrogens (primary N) is 1. The first kappa shape index (κ1) is 15.2. The van der Waals surface area contributed by atoms with Crippen molar-refractivity contribution >= 4 is 33.5 Å². The Labute approximate surface area is 120 Å². The molecule has 0 spiro atoms.